The van der Waals surface area contributed by atoms with Gasteiger partial charge < -0.3 is 10.5 Å². The van der Waals surface area contributed by atoms with Crippen LogP contribution in [0.5, 0.6) is 11.6 Å². The molecule has 0 unspecified atom stereocenters. The normalized spacial score (nSPS) is 10.1. The highest BCUT2D eigenvalue weighted by atomic mass is 32.1. The Balaban J connectivity index is 2.21. The van der Waals surface area contributed by atoms with E-state index < -0.39 is 0 Å². The Labute approximate surface area is 109 Å². The monoisotopic (exact) mass is 262 g/mol. The van der Waals surface area contributed by atoms with Crippen LogP contribution in [0.15, 0.2) is 36.5 Å². The fourth-order valence-electron chi connectivity index (χ4n) is 1.43. The summed E-state index contributed by atoms with van der Waals surface area (Å²) in [6.45, 7) is 1.77. The van der Waals surface area contributed by atoms with E-state index in [0.29, 0.717) is 22.8 Å². The van der Waals surface area contributed by atoms with Crippen LogP contribution in [0.4, 0.5) is 4.39 Å². The van der Waals surface area contributed by atoms with Crippen molar-refractivity contribution in [1.82, 2.24) is 4.98 Å². The van der Waals surface area contributed by atoms with Crippen LogP contribution in [0.25, 0.3) is 0 Å². The van der Waals surface area contributed by atoms with Crippen LogP contribution >= 0.6 is 12.2 Å². The maximum Gasteiger partial charge on any atom is 0.219 e. The lowest BCUT2D eigenvalue weighted by atomic mass is 10.2. The average molecular weight is 262 g/mol. The minimum atomic E-state index is -0.295. The van der Waals surface area contributed by atoms with Crippen LogP contribution in [0, 0.1) is 12.7 Å². The summed E-state index contributed by atoms with van der Waals surface area (Å²) in [5.74, 6) is 0.674. The molecule has 0 bridgehead atoms. The van der Waals surface area contributed by atoms with Gasteiger partial charge in [-0.15, -0.1) is 0 Å². The van der Waals surface area contributed by atoms with E-state index in [-0.39, 0.29) is 10.8 Å². The van der Waals surface area contributed by atoms with Crippen molar-refractivity contribution in [3.63, 3.8) is 0 Å². The van der Waals surface area contributed by atoms with E-state index in [1.54, 1.807) is 25.1 Å². The van der Waals surface area contributed by atoms with Crippen molar-refractivity contribution in [1.29, 1.82) is 0 Å². The van der Waals surface area contributed by atoms with Gasteiger partial charge >= 0.3 is 0 Å². The van der Waals surface area contributed by atoms with E-state index >= 15 is 0 Å². The third kappa shape index (κ3) is 2.81. The lowest BCUT2D eigenvalue weighted by Crippen LogP contribution is -2.09. The molecule has 0 fully saturated rings. The van der Waals surface area contributed by atoms with Gasteiger partial charge in [-0.2, -0.15) is 0 Å². The molecule has 2 rings (SSSR count). The molecular formula is C13H11FN2OS. The summed E-state index contributed by atoms with van der Waals surface area (Å²) in [5, 5.41) is 0. The second kappa shape index (κ2) is 5.10. The van der Waals surface area contributed by atoms with Gasteiger partial charge in [0.25, 0.3) is 0 Å². The van der Waals surface area contributed by atoms with Crippen molar-refractivity contribution in [3.8, 4) is 11.6 Å². The predicted molar refractivity (Wildman–Crippen MR) is 71.3 cm³/mol. The number of aromatic nitrogens is 1. The summed E-state index contributed by atoms with van der Waals surface area (Å²) < 4.78 is 18.5. The maximum atomic E-state index is 12.9. The molecule has 1 aromatic carbocycles. The smallest absolute Gasteiger partial charge is 0.219 e. The molecular weight excluding hydrogens is 251 g/mol. The van der Waals surface area contributed by atoms with Gasteiger partial charge in [0.2, 0.25) is 5.88 Å². The van der Waals surface area contributed by atoms with Gasteiger partial charge in [0.05, 0.1) is 0 Å². The standard InChI is InChI=1S/C13H11FN2OS/c1-8-6-10(14)3-4-11(8)17-12-5-2-9(7-16-12)13(15)18/h2-7H,1H3,(H2,15,18). The fraction of sp³-hybridized carbons (Fsp3) is 0.0769. The van der Waals surface area contributed by atoms with Crippen LogP contribution in [-0.4, -0.2) is 9.97 Å². The van der Waals surface area contributed by atoms with E-state index in [1.807, 2.05) is 0 Å². The van der Waals surface area contributed by atoms with Crippen LogP contribution in [0.1, 0.15) is 11.1 Å². The Morgan fingerprint density at radius 3 is 2.67 bits per heavy atom. The van der Waals surface area contributed by atoms with Crippen molar-refractivity contribution in [3.05, 3.63) is 53.5 Å². The Hall–Kier alpha value is -2.01. The number of thiocarbonyl (C=S) groups is 1. The first-order valence-electron chi connectivity index (χ1n) is 5.26. The summed E-state index contributed by atoms with van der Waals surface area (Å²) in [5.41, 5.74) is 6.84. The molecule has 3 nitrogen and oxygen atoms in total. The minimum absolute atomic E-state index is 0.284. The highest BCUT2D eigenvalue weighted by Gasteiger charge is 2.04. The Bertz CT molecular complexity index is 584. The average Bonchev–Trinajstić information content (AvgIpc) is 2.33. The van der Waals surface area contributed by atoms with Crippen LogP contribution in [-0.2, 0) is 0 Å². The lowest BCUT2D eigenvalue weighted by Gasteiger charge is -2.08. The largest absolute Gasteiger partial charge is 0.439 e. The van der Waals surface area contributed by atoms with Crippen molar-refractivity contribution < 1.29 is 9.13 Å². The molecule has 92 valence electrons. The Kier molecular flexibility index (Phi) is 3.53. The number of halogens is 1. The second-order valence-electron chi connectivity index (χ2n) is 3.76. The van der Waals surface area contributed by atoms with Gasteiger partial charge in [-0.1, -0.05) is 12.2 Å². The molecule has 2 N–H and O–H groups in total. The first-order chi connectivity index (χ1) is 8.56. The van der Waals surface area contributed by atoms with Crippen LogP contribution < -0.4 is 10.5 Å². The van der Waals surface area contributed by atoms with Gasteiger partial charge in [0, 0.05) is 17.8 Å². The SMILES string of the molecule is Cc1cc(F)ccc1Oc1ccc(C(N)=S)cn1. The zero-order valence-electron chi connectivity index (χ0n) is 9.68. The zero-order chi connectivity index (χ0) is 13.1. The molecule has 1 aromatic heterocycles. The third-order valence-electron chi connectivity index (χ3n) is 2.37. The summed E-state index contributed by atoms with van der Waals surface area (Å²) in [7, 11) is 0. The summed E-state index contributed by atoms with van der Waals surface area (Å²) in [6, 6.07) is 7.69. The molecule has 0 aliphatic heterocycles. The molecule has 2 aromatic rings. The maximum absolute atomic E-state index is 12.9. The molecule has 0 amide bonds. The summed E-state index contributed by atoms with van der Waals surface area (Å²) >= 11 is 4.83. The van der Waals surface area contributed by atoms with Gasteiger partial charge in [0.1, 0.15) is 16.6 Å². The second-order valence-corrected chi connectivity index (χ2v) is 4.20. The molecule has 0 spiro atoms. The molecule has 5 heteroatoms. The van der Waals surface area contributed by atoms with Crippen molar-refractivity contribution >= 4 is 17.2 Å². The van der Waals surface area contributed by atoms with Crippen molar-refractivity contribution in [2.24, 2.45) is 5.73 Å². The van der Waals surface area contributed by atoms with E-state index in [2.05, 4.69) is 4.98 Å². The number of benzene rings is 1. The molecule has 18 heavy (non-hydrogen) atoms. The summed E-state index contributed by atoms with van der Waals surface area (Å²) in [4.78, 5) is 4.36. The van der Waals surface area contributed by atoms with Crippen LogP contribution in [0.3, 0.4) is 0 Å². The number of ether oxygens (including phenoxy) is 1. The fourth-order valence-corrected chi connectivity index (χ4v) is 1.55. The van der Waals surface area contributed by atoms with Crippen LogP contribution in [0.2, 0.25) is 0 Å². The van der Waals surface area contributed by atoms with E-state index in [1.165, 1.54) is 18.3 Å². The van der Waals surface area contributed by atoms with Crippen molar-refractivity contribution in [2.45, 2.75) is 6.92 Å². The van der Waals surface area contributed by atoms with Crippen molar-refractivity contribution in [2.75, 3.05) is 0 Å². The van der Waals surface area contributed by atoms with Gasteiger partial charge in [0.15, 0.2) is 0 Å². The highest BCUT2D eigenvalue weighted by molar-refractivity contribution is 7.80. The minimum Gasteiger partial charge on any atom is -0.439 e. The Morgan fingerprint density at radius 1 is 1.33 bits per heavy atom. The molecule has 0 atom stereocenters. The number of hydrogen-bond donors (Lipinski definition) is 1. The molecule has 0 aliphatic carbocycles. The first-order valence-corrected chi connectivity index (χ1v) is 5.67. The topological polar surface area (TPSA) is 48.1 Å². The number of pyridine rings is 1. The molecule has 0 saturated heterocycles. The predicted octanol–water partition coefficient (Wildman–Crippen LogP) is 2.96. The zero-order valence-corrected chi connectivity index (χ0v) is 10.5. The van der Waals surface area contributed by atoms with E-state index in [9.17, 15) is 4.39 Å². The molecule has 0 aliphatic rings. The van der Waals surface area contributed by atoms with Gasteiger partial charge in [-0.05, 0) is 36.8 Å². The number of hydrogen-bond acceptors (Lipinski definition) is 3. The number of nitrogens with zero attached hydrogens (tertiary/aromatic N) is 1. The number of aryl methyl sites for hydroxylation is 1. The highest BCUT2D eigenvalue weighted by Crippen LogP contribution is 2.24. The Morgan fingerprint density at radius 2 is 2.11 bits per heavy atom. The number of rotatable bonds is 3. The number of nitrogens with two attached hydrogens (primary N) is 1. The lowest BCUT2D eigenvalue weighted by molar-refractivity contribution is 0.457. The third-order valence-corrected chi connectivity index (χ3v) is 2.61. The molecule has 0 saturated carbocycles. The quantitative estimate of drug-likeness (QED) is 0.864. The van der Waals surface area contributed by atoms with Gasteiger partial charge in [-0.25, -0.2) is 9.37 Å². The van der Waals surface area contributed by atoms with E-state index in [4.69, 9.17) is 22.7 Å². The summed E-state index contributed by atoms with van der Waals surface area (Å²) in [6.07, 6.45) is 1.54. The molecule has 1 heterocycles. The van der Waals surface area contributed by atoms with Gasteiger partial charge in [-0.3, -0.25) is 0 Å². The van der Waals surface area contributed by atoms with E-state index in [0.717, 1.165) is 0 Å². The first kappa shape index (κ1) is 12.4. The molecule has 0 radical (unpaired) electrons.